The Balaban J connectivity index is 2.17. The maximum atomic E-state index is 12.2. The number of allylic oxidation sites excluding steroid dienone is 2. The normalized spacial score (nSPS) is 11.3. The molecule has 1 N–H and O–H groups in total. The smallest absolute Gasteiger partial charge is 0.187 e. The molecule has 0 radical (unpaired) electrons. The molecular weight excluding hydrogens is 260 g/mol. The van der Waals surface area contributed by atoms with Gasteiger partial charge in [-0.3, -0.25) is 9.78 Å². The third-order valence-electron chi connectivity index (χ3n) is 3.46. The third-order valence-corrected chi connectivity index (χ3v) is 3.46. The Morgan fingerprint density at radius 1 is 1.14 bits per heavy atom. The van der Waals surface area contributed by atoms with Crippen LogP contribution in [0.1, 0.15) is 34.8 Å². The van der Waals surface area contributed by atoms with Crippen molar-refractivity contribution in [3.8, 4) is 0 Å². The lowest BCUT2D eigenvalue weighted by atomic mass is 10.1. The second kappa shape index (κ2) is 6.84. The van der Waals surface area contributed by atoms with E-state index in [0.717, 1.165) is 17.8 Å². The highest BCUT2D eigenvalue weighted by atomic mass is 16.1. The van der Waals surface area contributed by atoms with Crippen molar-refractivity contribution in [2.45, 2.75) is 27.2 Å². The number of ketones is 1. The SMILES string of the molecule is CC/C(=C/C(=O)c1ccncc1)Nc1ccc(C)c(C)c1. The highest BCUT2D eigenvalue weighted by molar-refractivity contribution is 6.05. The number of nitrogens with one attached hydrogen (secondary N) is 1. The summed E-state index contributed by atoms with van der Waals surface area (Å²) in [6.45, 7) is 6.19. The van der Waals surface area contributed by atoms with Crippen molar-refractivity contribution in [1.29, 1.82) is 0 Å². The van der Waals surface area contributed by atoms with Crippen molar-refractivity contribution in [3.63, 3.8) is 0 Å². The fraction of sp³-hybridized carbons (Fsp3) is 0.222. The Hall–Kier alpha value is -2.42. The Morgan fingerprint density at radius 2 is 1.86 bits per heavy atom. The van der Waals surface area contributed by atoms with Gasteiger partial charge in [0, 0.05) is 35.4 Å². The highest BCUT2D eigenvalue weighted by Crippen LogP contribution is 2.17. The highest BCUT2D eigenvalue weighted by Gasteiger charge is 2.05. The Morgan fingerprint density at radius 3 is 2.48 bits per heavy atom. The average molecular weight is 280 g/mol. The van der Waals surface area contributed by atoms with E-state index in [1.165, 1.54) is 11.1 Å². The molecule has 2 rings (SSSR count). The largest absolute Gasteiger partial charge is 0.359 e. The van der Waals surface area contributed by atoms with E-state index in [9.17, 15) is 4.79 Å². The van der Waals surface area contributed by atoms with Crippen molar-refractivity contribution in [3.05, 3.63) is 71.2 Å². The minimum absolute atomic E-state index is 0.00872. The van der Waals surface area contributed by atoms with E-state index in [0.29, 0.717) is 5.56 Å². The Kier molecular flexibility index (Phi) is 4.88. The monoisotopic (exact) mass is 280 g/mol. The van der Waals surface area contributed by atoms with E-state index in [-0.39, 0.29) is 5.78 Å². The van der Waals surface area contributed by atoms with Gasteiger partial charge in [0.25, 0.3) is 0 Å². The van der Waals surface area contributed by atoms with E-state index in [1.54, 1.807) is 30.6 Å². The standard InChI is InChI=1S/C18H20N2O/c1-4-16(12-18(21)15-7-9-19-10-8-15)20-17-6-5-13(2)14(3)11-17/h5-12,20H,4H2,1-3H3/b16-12-. The first-order chi connectivity index (χ1) is 10.1. The zero-order valence-electron chi connectivity index (χ0n) is 12.7. The van der Waals surface area contributed by atoms with Crippen molar-refractivity contribution < 1.29 is 4.79 Å². The first kappa shape index (κ1) is 15.0. The van der Waals surface area contributed by atoms with Gasteiger partial charge in [0.1, 0.15) is 0 Å². The van der Waals surface area contributed by atoms with E-state index >= 15 is 0 Å². The summed E-state index contributed by atoms with van der Waals surface area (Å²) in [6, 6.07) is 9.65. The molecule has 108 valence electrons. The molecule has 0 atom stereocenters. The molecule has 21 heavy (non-hydrogen) atoms. The molecular formula is C18H20N2O. The summed E-state index contributed by atoms with van der Waals surface area (Å²) in [7, 11) is 0. The average Bonchev–Trinajstić information content (AvgIpc) is 2.51. The van der Waals surface area contributed by atoms with Gasteiger partial charge in [-0.05, 0) is 55.7 Å². The maximum absolute atomic E-state index is 12.2. The van der Waals surface area contributed by atoms with Gasteiger partial charge in [-0.1, -0.05) is 13.0 Å². The number of pyridine rings is 1. The van der Waals surface area contributed by atoms with E-state index in [1.807, 2.05) is 13.0 Å². The molecule has 0 amide bonds. The van der Waals surface area contributed by atoms with Crippen molar-refractivity contribution in [1.82, 2.24) is 4.98 Å². The van der Waals surface area contributed by atoms with Crippen LogP contribution in [-0.2, 0) is 0 Å². The molecule has 0 bridgehead atoms. The summed E-state index contributed by atoms with van der Waals surface area (Å²) >= 11 is 0. The number of benzene rings is 1. The van der Waals surface area contributed by atoms with Crippen LogP contribution in [-0.4, -0.2) is 10.8 Å². The van der Waals surface area contributed by atoms with Gasteiger partial charge in [0.05, 0.1) is 0 Å². The molecule has 3 heteroatoms. The second-order valence-electron chi connectivity index (χ2n) is 5.05. The number of hydrogen-bond donors (Lipinski definition) is 1. The maximum Gasteiger partial charge on any atom is 0.187 e. The number of carbonyl (C=O) groups excluding carboxylic acids is 1. The van der Waals surface area contributed by atoms with Crippen LogP contribution in [0.2, 0.25) is 0 Å². The Bertz CT molecular complexity index is 660. The van der Waals surface area contributed by atoms with Crippen molar-refractivity contribution >= 4 is 11.5 Å². The third kappa shape index (κ3) is 4.02. The molecule has 3 nitrogen and oxygen atoms in total. The number of rotatable bonds is 5. The molecule has 0 aliphatic rings. The van der Waals surface area contributed by atoms with Crippen LogP contribution in [0.5, 0.6) is 0 Å². The van der Waals surface area contributed by atoms with Gasteiger partial charge >= 0.3 is 0 Å². The van der Waals surface area contributed by atoms with Crippen molar-refractivity contribution in [2.24, 2.45) is 0 Å². The first-order valence-electron chi connectivity index (χ1n) is 7.09. The number of aryl methyl sites for hydroxylation is 2. The molecule has 1 heterocycles. The van der Waals surface area contributed by atoms with Crippen molar-refractivity contribution in [2.75, 3.05) is 5.32 Å². The summed E-state index contributed by atoms with van der Waals surface area (Å²) < 4.78 is 0. The second-order valence-corrected chi connectivity index (χ2v) is 5.05. The van der Waals surface area contributed by atoms with Crippen LogP contribution < -0.4 is 5.32 Å². The summed E-state index contributed by atoms with van der Waals surface area (Å²) in [4.78, 5) is 16.1. The zero-order valence-corrected chi connectivity index (χ0v) is 12.7. The van der Waals surface area contributed by atoms with Crippen LogP contribution in [0.4, 0.5) is 5.69 Å². The molecule has 1 aromatic heterocycles. The quantitative estimate of drug-likeness (QED) is 0.656. The molecule has 0 saturated carbocycles. The van der Waals surface area contributed by atoms with Gasteiger partial charge in [-0.2, -0.15) is 0 Å². The number of carbonyl (C=O) groups is 1. The van der Waals surface area contributed by atoms with Crippen LogP contribution in [0.25, 0.3) is 0 Å². The van der Waals surface area contributed by atoms with Gasteiger partial charge in [0.15, 0.2) is 5.78 Å². The van der Waals surface area contributed by atoms with Crippen LogP contribution in [0.3, 0.4) is 0 Å². The van der Waals surface area contributed by atoms with E-state index < -0.39 is 0 Å². The summed E-state index contributed by atoms with van der Waals surface area (Å²) in [5, 5.41) is 3.32. The lowest BCUT2D eigenvalue weighted by Crippen LogP contribution is -2.04. The summed E-state index contributed by atoms with van der Waals surface area (Å²) in [6.07, 6.45) is 5.68. The van der Waals surface area contributed by atoms with Crippen LogP contribution in [0.15, 0.2) is 54.5 Å². The predicted molar refractivity (Wildman–Crippen MR) is 86.5 cm³/mol. The minimum atomic E-state index is -0.00872. The number of aromatic nitrogens is 1. The lowest BCUT2D eigenvalue weighted by Gasteiger charge is -2.11. The molecule has 0 fully saturated rings. The number of hydrogen-bond acceptors (Lipinski definition) is 3. The minimum Gasteiger partial charge on any atom is -0.359 e. The topological polar surface area (TPSA) is 42.0 Å². The summed E-state index contributed by atoms with van der Waals surface area (Å²) in [5.41, 5.74) is 5.05. The van der Waals surface area contributed by atoms with Gasteiger partial charge in [-0.15, -0.1) is 0 Å². The van der Waals surface area contributed by atoms with E-state index in [2.05, 4.69) is 36.3 Å². The Labute approximate surface area is 125 Å². The van der Waals surface area contributed by atoms with Crippen LogP contribution >= 0.6 is 0 Å². The summed E-state index contributed by atoms with van der Waals surface area (Å²) in [5.74, 6) is -0.00872. The van der Waals surface area contributed by atoms with E-state index in [4.69, 9.17) is 0 Å². The fourth-order valence-corrected chi connectivity index (χ4v) is 1.99. The van der Waals surface area contributed by atoms with Gasteiger partial charge in [0.2, 0.25) is 0 Å². The molecule has 0 aliphatic heterocycles. The fourth-order valence-electron chi connectivity index (χ4n) is 1.99. The molecule has 0 spiro atoms. The molecule has 2 aromatic rings. The number of anilines is 1. The van der Waals surface area contributed by atoms with Crippen LogP contribution in [0, 0.1) is 13.8 Å². The predicted octanol–water partition coefficient (Wildman–Crippen LogP) is 4.29. The molecule has 0 saturated heterocycles. The zero-order chi connectivity index (χ0) is 15.2. The molecule has 1 aromatic carbocycles. The number of nitrogens with zero attached hydrogens (tertiary/aromatic N) is 1. The van der Waals surface area contributed by atoms with Gasteiger partial charge < -0.3 is 5.32 Å². The molecule has 0 aliphatic carbocycles. The first-order valence-corrected chi connectivity index (χ1v) is 7.09. The lowest BCUT2D eigenvalue weighted by molar-refractivity contribution is 0.104. The molecule has 0 unspecified atom stereocenters. The van der Waals surface area contributed by atoms with Gasteiger partial charge in [-0.25, -0.2) is 0 Å².